The summed E-state index contributed by atoms with van der Waals surface area (Å²) < 4.78 is 7.32. The zero-order valence-corrected chi connectivity index (χ0v) is 13.6. The van der Waals surface area contributed by atoms with Crippen molar-refractivity contribution in [1.82, 2.24) is 24.9 Å². The first-order chi connectivity index (χ1) is 10.2. The van der Waals surface area contributed by atoms with E-state index in [2.05, 4.69) is 37.9 Å². The monoisotopic (exact) mass is 321 g/mol. The van der Waals surface area contributed by atoms with E-state index in [1.165, 1.54) is 0 Å². The SMILES string of the molecule is CCn1c(SC(C)c2nc(C)no2)nnc1-c1cccs1. The summed E-state index contributed by atoms with van der Waals surface area (Å²) in [4.78, 5) is 5.39. The Labute approximate surface area is 130 Å². The average Bonchev–Trinajstić information content (AvgIpc) is 3.17. The van der Waals surface area contributed by atoms with E-state index in [-0.39, 0.29) is 5.25 Å². The Morgan fingerprint density at radius 1 is 1.43 bits per heavy atom. The van der Waals surface area contributed by atoms with Gasteiger partial charge in [0.25, 0.3) is 0 Å². The first-order valence-corrected chi connectivity index (χ1v) is 8.39. The Morgan fingerprint density at radius 3 is 2.90 bits per heavy atom. The van der Waals surface area contributed by atoms with Gasteiger partial charge in [-0.3, -0.25) is 0 Å². The van der Waals surface area contributed by atoms with E-state index in [4.69, 9.17) is 4.52 Å². The minimum absolute atomic E-state index is 0.0388. The molecule has 0 saturated heterocycles. The summed E-state index contributed by atoms with van der Waals surface area (Å²) in [6.07, 6.45) is 0. The summed E-state index contributed by atoms with van der Waals surface area (Å²) in [5.74, 6) is 2.17. The van der Waals surface area contributed by atoms with Crippen molar-refractivity contribution < 1.29 is 4.52 Å². The van der Waals surface area contributed by atoms with Gasteiger partial charge < -0.3 is 9.09 Å². The number of hydrogen-bond donors (Lipinski definition) is 0. The quantitative estimate of drug-likeness (QED) is 0.669. The van der Waals surface area contributed by atoms with E-state index >= 15 is 0 Å². The molecule has 0 aliphatic rings. The number of aromatic nitrogens is 5. The molecule has 0 spiro atoms. The molecule has 0 aliphatic carbocycles. The minimum atomic E-state index is 0.0388. The second kappa shape index (κ2) is 5.98. The molecule has 21 heavy (non-hydrogen) atoms. The lowest BCUT2D eigenvalue weighted by atomic mass is 10.4. The van der Waals surface area contributed by atoms with E-state index in [0.29, 0.717) is 11.7 Å². The molecular weight excluding hydrogens is 306 g/mol. The van der Waals surface area contributed by atoms with Crippen molar-refractivity contribution in [3.8, 4) is 10.7 Å². The molecule has 1 atom stereocenters. The van der Waals surface area contributed by atoms with Crippen molar-refractivity contribution in [2.75, 3.05) is 0 Å². The fourth-order valence-corrected chi connectivity index (χ4v) is 3.60. The van der Waals surface area contributed by atoms with Crippen LogP contribution in [0.15, 0.2) is 27.2 Å². The molecule has 0 N–H and O–H groups in total. The van der Waals surface area contributed by atoms with Gasteiger partial charge >= 0.3 is 0 Å². The third-order valence-electron chi connectivity index (χ3n) is 2.95. The molecule has 3 rings (SSSR count). The highest BCUT2D eigenvalue weighted by molar-refractivity contribution is 7.99. The predicted octanol–water partition coefficient (Wildman–Crippen LogP) is 3.57. The predicted molar refractivity (Wildman–Crippen MR) is 82.3 cm³/mol. The van der Waals surface area contributed by atoms with Crippen molar-refractivity contribution in [2.45, 2.75) is 37.7 Å². The Morgan fingerprint density at radius 2 is 2.29 bits per heavy atom. The van der Waals surface area contributed by atoms with Gasteiger partial charge in [0.05, 0.1) is 10.1 Å². The van der Waals surface area contributed by atoms with Crippen LogP contribution in [-0.4, -0.2) is 24.9 Å². The zero-order chi connectivity index (χ0) is 14.8. The molecule has 110 valence electrons. The maximum absolute atomic E-state index is 5.21. The van der Waals surface area contributed by atoms with Crippen molar-refractivity contribution >= 4 is 23.1 Å². The number of hydrogen-bond acceptors (Lipinski definition) is 7. The molecular formula is C13H15N5OS2. The highest BCUT2D eigenvalue weighted by Crippen LogP contribution is 2.35. The molecule has 3 aromatic heterocycles. The van der Waals surface area contributed by atoms with Gasteiger partial charge in [0.1, 0.15) is 0 Å². The van der Waals surface area contributed by atoms with Crippen LogP contribution in [0.4, 0.5) is 0 Å². The average molecular weight is 321 g/mol. The Kier molecular flexibility index (Phi) is 4.07. The number of aryl methyl sites for hydroxylation is 1. The first kappa shape index (κ1) is 14.3. The number of rotatable bonds is 5. The Hall–Kier alpha value is -1.67. The van der Waals surface area contributed by atoms with E-state index in [1.807, 2.05) is 25.3 Å². The van der Waals surface area contributed by atoms with Gasteiger partial charge in [-0.1, -0.05) is 23.0 Å². The second-order valence-electron chi connectivity index (χ2n) is 4.47. The van der Waals surface area contributed by atoms with Gasteiger partial charge in [-0.25, -0.2) is 0 Å². The molecule has 0 aliphatic heterocycles. The fourth-order valence-electron chi connectivity index (χ4n) is 1.94. The van der Waals surface area contributed by atoms with E-state index in [9.17, 15) is 0 Å². The van der Waals surface area contributed by atoms with Crippen molar-refractivity contribution in [3.05, 3.63) is 29.2 Å². The van der Waals surface area contributed by atoms with E-state index < -0.39 is 0 Å². The number of nitrogens with zero attached hydrogens (tertiary/aromatic N) is 5. The molecule has 0 bridgehead atoms. The van der Waals surface area contributed by atoms with Gasteiger partial charge in [-0.15, -0.1) is 21.5 Å². The third kappa shape index (κ3) is 2.86. The molecule has 0 radical (unpaired) electrons. The molecule has 0 saturated carbocycles. The van der Waals surface area contributed by atoms with Crippen LogP contribution in [-0.2, 0) is 6.54 Å². The van der Waals surface area contributed by atoms with Crippen LogP contribution in [0.3, 0.4) is 0 Å². The van der Waals surface area contributed by atoms with Crippen LogP contribution in [0.2, 0.25) is 0 Å². The van der Waals surface area contributed by atoms with Crippen molar-refractivity contribution in [2.24, 2.45) is 0 Å². The summed E-state index contributed by atoms with van der Waals surface area (Å²) in [6.45, 7) is 6.75. The molecule has 3 heterocycles. The lowest BCUT2D eigenvalue weighted by molar-refractivity contribution is 0.376. The summed E-state index contributed by atoms with van der Waals surface area (Å²) in [6, 6.07) is 4.07. The van der Waals surface area contributed by atoms with Crippen LogP contribution >= 0.6 is 23.1 Å². The molecule has 0 fully saturated rings. The van der Waals surface area contributed by atoms with Crippen LogP contribution < -0.4 is 0 Å². The van der Waals surface area contributed by atoms with Crippen LogP contribution in [0.5, 0.6) is 0 Å². The maximum Gasteiger partial charge on any atom is 0.239 e. The highest BCUT2D eigenvalue weighted by atomic mass is 32.2. The van der Waals surface area contributed by atoms with E-state index in [1.54, 1.807) is 23.1 Å². The van der Waals surface area contributed by atoms with Gasteiger partial charge in [-0.05, 0) is 32.2 Å². The summed E-state index contributed by atoms with van der Waals surface area (Å²) in [7, 11) is 0. The minimum Gasteiger partial charge on any atom is -0.338 e. The van der Waals surface area contributed by atoms with Crippen LogP contribution in [0.25, 0.3) is 10.7 Å². The maximum atomic E-state index is 5.21. The first-order valence-electron chi connectivity index (χ1n) is 6.63. The lowest BCUT2D eigenvalue weighted by Crippen LogP contribution is -2.00. The number of thiophene rings is 1. The second-order valence-corrected chi connectivity index (χ2v) is 6.72. The van der Waals surface area contributed by atoms with Gasteiger partial charge in [0.15, 0.2) is 16.8 Å². The third-order valence-corrected chi connectivity index (χ3v) is 4.88. The largest absolute Gasteiger partial charge is 0.338 e. The molecule has 8 heteroatoms. The highest BCUT2D eigenvalue weighted by Gasteiger charge is 2.20. The van der Waals surface area contributed by atoms with Crippen LogP contribution in [0, 0.1) is 6.92 Å². The summed E-state index contributed by atoms with van der Waals surface area (Å²) in [5, 5.41) is 15.4. The van der Waals surface area contributed by atoms with Gasteiger partial charge in [-0.2, -0.15) is 4.98 Å². The van der Waals surface area contributed by atoms with Crippen LogP contribution in [0.1, 0.15) is 30.8 Å². The summed E-state index contributed by atoms with van der Waals surface area (Å²) in [5.41, 5.74) is 0. The Bertz CT molecular complexity index is 719. The van der Waals surface area contributed by atoms with E-state index in [0.717, 1.165) is 22.4 Å². The Balaban J connectivity index is 1.86. The molecule has 0 aromatic carbocycles. The van der Waals surface area contributed by atoms with Crippen molar-refractivity contribution in [1.29, 1.82) is 0 Å². The molecule has 6 nitrogen and oxygen atoms in total. The lowest BCUT2D eigenvalue weighted by Gasteiger charge is -2.08. The standard InChI is InChI=1S/C13H15N5OS2/c1-4-18-11(10-6-5-7-20-10)15-16-13(18)21-8(2)12-14-9(3)17-19-12/h5-8H,4H2,1-3H3. The topological polar surface area (TPSA) is 69.6 Å². The zero-order valence-electron chi connectivity index (χ0n) is 12.0. The smallest absolute Gasteiger partial charge is 0.239 e. The normalized spacial score (nSPS) is 12.7. The number of thioether (sulfide) groups is 1. The van der Waals surface area contributed by atoms with Gasteiger partial charge in [0, 0.05) is 6.54 Å². The molecule has 3 aromatic rings. The van der Waals surface area contributed by atoms with Crippen molar-refractivity contribution in [3.63, 3.8) is 0 Å². The molecule has 0 amide bonds. The summed E-state index contributed by atoms with van der Waals surface area (Å²) >= 11 is 3.24. The fraction of sp³-hybridized carbons (Fsp3) is 0.385. The molecule has 1 unspecified atom stereocenters. The van der Waals surface area contributed by atoms with Gasteiger partial charge in [0.2, 0.25) is 5.89 Å².